The highest BCUT2D eigenvalue weighted by molar-refractivity contribution is 5.85. The van der Waals surface area contributed by atoms with E-state index in [4.69, 9.17) is 16.2 Å². The highest BCUT2D eigenvalue weighted by Gasteiger charge is 2.58. The molecular weight excluding hydrogens is 296 g/mol. The highest BCUT2D eigenvalue weighted by atomic mass is 16.6. The maximum Gasteiger partial charge on any atom is 0.255 e. The van der Waals surface area contributed by atoms with Crippen LogP contribution in [0, 0.1) is 0 Å². The Morgan fingerprint density at radius 1 is 1.41 bits per heavy atom. The Morgan fingerprint density at radius 2 is 2.14 bits per heavy atom. The fourth-order valence-corrected chi connectivity index (χ4v) is 2.48. The molecule has 2 aromatic heterocycles. The van der Waals surface area contributed by atoms with Crippen LogP contribution in [0.3, 0.4) is 0 Å². The van der Waals surface area contributed by atoms with Crippen molar-refractivity contribution in [1.82, 2.24) is 19.5 Å². The quantitative estimate of drug-likeness (QED) is 0.391. The first-order chi connectivity index (χ1) is 10.4. The van der Waals surface area contributed by atoms with Crippen molar-refractivity contribution in [2.45, 2.75) is 24.0 Å². The van der Waals surface area contributed by atoms with Gasteiger partial charge in [-0.15, -0.1) is 0 Å². The second-order valence-corrected chi connectivity index (χ2v) is 4.94. The van der Waals surface area contributed by atoms with Crippen molar-refractivity contribution in [2.24, 2.45) is 5.73 Å². The van der Waals surface area contributed by atoms with Crippen molar-refractivity contribution >= 4 is 22.9 Å². The van der Waals surface area contributed by atoms with E-state index in [1.807, 2.05) is 0 Å². The number of hydrogen-bond acceptors (Lipinski definition) is 9. The van der Waals surface area contributed by atoms with Gasteiger partial charge in [0.05, 0.1) is 12.9 Å². The Bertz CT molecular complexity index is 735. The Kier molecular flexibility index (Phi) is 3.21. The van der Waals surface area contributed by atoms with Gasteiger partial charge in [-0.2, -0.15) is 0 Å². The number of hydrogen-bond donors (Lipinski definition) is 5. The molecule has 3 rings (SSSR count). The lowest BCUT2D eigenvalue weighted by atomic mass is 9.95. The third-order valence-electron chi connectivity index (χ3n) is 3.74. The van der Waals surface area contributed by atoms with Crippen molar-refractivity contribution in [3.05, 3.63) is 12.7 Å². The number of fused-ring (bicyclic) bond motifs is 1. The number of ether oxygens (including phenoxy) is 1. The van der Waals surface area contributed by atoms with Gasteiger partial charge in [-0.3, -0.25) is 9.36 Å². The minimum atomic E-state index is -2.11. The van der Waals surface area contributed by atoms with Crippen LogP contribution in [0.4, 0.5) is 5.82 Å². The van der Waals surface area contributed by atoms with Gasteiger partial charge in [-0.25, -0.2) is 15.0 Å². The van der Waals surface area contributed by atoms with Crippen LogP contribution < -0.4 is 11.5 Å². The molecule has 7 N–H and O–H groups in total. The number of nitrogens with two attached hydrogens (primary N) is 2. The normalized spacial score (nSPS) is 31.7. The maximum atomic E-state index is 11.5. The Labute approximate surface area is 123 Å². The number of amides is 1. The second-order valence-electron chi connectivity index (χ2n) is 4.94. The van der Waals surface area contributed by atoms with Crippen LogP contribution in [0.2, 0.25) is 0 Å². The van der Waals surface area contributed by atoms with Crippen LogP contribution in [0.1, 0.15) is 6.23 Å². The van der Waals surface area contributed by atoms with Gasteiger partial charge < -0.3 is 31.5 Å². The highest BCUT2D eigenvalue weighted by Crippen LogP contribution is 2.38. The van der Waals surface area contributed by atoms with E-state index >= 15 is 0 Å². The lowest BCUT2D eigenvalue weighted by Gasteiger charge is -2.25. The van der Waals surface area contributed by atoms with Gasteiger partial charge in [0.25, 0.3) is 5.91 Å². The summed E-state index contributed by atoms with van der Waals surface area (Å²) in [5.41, 5.74) is 9.24. The van der Waals surface area contributed by atoms with E-state index in [9.17, 15) is 20.1 Å². The number of primary amides is 1. The van der Waals surface area contributed by atoms with Gasteiger partial charge in [0, 0.05) is 0 Å². The van der Waals surface area contributed by atoms with Gasteiger partial charge in [0.2, 0.25) is 0 Å². The number of aliphatic hydroxyl groups excluding tert-OH is 3. The summed E-state index contributed by atoms with van der Waals surface area (Å²) in [7, 11) is 0. The SMILES string of the molecule is NC(=O)[C@]1(CO)O[C@@H](n2cnc3c(N)ncnc32)C(O)C1O. The Balaban J connectivity index is 2.08. The summed E-state index contributed by atoms with van der Waals surface area (Å²) in [5.74, 6) is -0.970. The standard InChI is InChI=1S/C11H14N6O5/c12-7-4-8(15-2-14-7)17(3-16-4)9-5(19)6(20)11(1-18,22-9)10(13)21/h2-3,5-6,9,18-20H,1H2,(H2,13,21)(H2,12,14,15)/t5?,6?,9-,11-/m1/s1. The molecule has 1 aliphatic heterocycles. The number of nitrogen functional groups attached to an aromatic ring is 1. The van der Waals surface area contributed by atoms with Crippen LogP contribution >= 0.6 is 0 Å². The van der Waals surface area contributed by atoms with Crippen molar-refractivity contribution in [3.8, 4) is 0 Å². The van der Waals surface area contributed by atoms with Crippen molar-refractivity contribution in [1.29, 1.82) is 0 Å². The molecule has 11 heteroatoms. The van der Waals surface area contributed by atoms with E-state index in [1.54, 1.807) is 0 Å². The predicted molar refractivity (Wildman–Crippen MR) is 70.9 cm³/mol. The average molecular weight is 310 g/mol. The number of aromatic nitrogens is 4. The van der Waals surface area contributed by atoms with Crippen molar-refractivity contribution in [3.63, 3.8) is 0 Å². The van der Waals surface area contributed by atoms with Gasteiger partial charge in [0.1, 0.15) is 24.1 Å². The molecule has 2 unspecified atom stereocenters. The van der Waals surface area contributed by atoms with Crippen LogP contribution in [0.15, 0.2) is 12.7 Å². The van der Waals surface area contributed by atoms with E-state index in [1.165, 1.54) is 17.2 Å². The van der Waals surface area contributed by atoms with E-state index in [0.29, 0.717) is 0 Å². The fraction of sp³-hybridized carbons (Fsp3) is 0.455. The zero-order valence-electron chi connectivity index (χ0n) is 11.2. The summed E-state index contributed by atoms with van der Waals surface area (Å²) in [4.78, 5) is 23.3. The first-order valence-corrected chi connectivity index (χ1v) is 6.30. The molecule has 0 spiro atoms. The van der Waals surface area contributed by atoms with E-state index in [0.717, 1.165) is 0 Å². The van der Waals surface area contributed by atoms with Crippen LogP contribution in [-0.2, 0) is 9.53 Å². The summed E-state index contributed by atoms with van der Waals surface area (Å²) in [6, 6.07) is 0. The molecule has 3 heterocycles. The average Bonchev–Trinajstić information content (AvgIpc) is 3.02. The van der Waals surface area contributed by atoms with Crippen LogP contribution in [0.25, 0.3) is 11.2 Å². The minimum Gasteiger partial charge on any atom is -0.393 e. The number of rotatable bonds is 3. The summed E-state index contributed by atoms with van der Waals surface area (Å²) >= 11 is 0. The number of carbonyl (C=O) groups excluding carboxylic acids is 1. The van der Waals surface area contributed by atoms with Crippen LogP contribution in [0.5, 0.6) is 0 Å². The Hall–Kier alpha value is -2.34. The molecule has 0 bridgehead atoms. The molecule has 1 saturated heterocycles. The number of aliphatic hydroxyl groups is 3. The molecule has 0 saturated carbocycles. The topological polar surface area (TPSA) is 183 Å². The number of anilines is 1. The number of imidazole rings is 1. The summed E-state index contributed by atoms with van der Waals surface area (Å²) in [5, 5.41) is 29.6. The van der Waals surface area contributed by atoms with Gasteiger partial charge in [0.15, 0.2) is 23.3 Å². The zero-order chi connectivity index (χ0) is 16.1. The lowest BCUT2D eigenvalue weighted by Crippen LogP contribution is -2.56. The van der Waals surface area contributed by atoms with Gasteiger partial charge >= 0.3 is 0 Å². The molecule has 118 valence electrons. The molecule has 1 aliphatic rings. The minimum absolute atomic E-state index is 0.125. The summed E-state index contributed by atoms with van der Waals surface area (Å²) in [6.45, 7) is -0.888. The molecule has 1 fully saturated rings. The number of carbonyl (C=O) groups is 1. The monoisotopic (exact) mass is 310 g/mol. The summed E-state index contributed by atoms with van der Waals surface area (Å²) in [6.07, 6.45) is -2.01. The van der Waals surface area contributed by atoms with Crippen molar-refractivity contribution < 1.29 is 24.9 Å². The third kappa shape index (κ3) is 1.77. The molecule has 0 aliphatic carbocycles. The molecule has 22 heavy (non-hydrogen) atoms. The van der Waals surface area contributed by atoms with Gasteiger partial charge in [-0.05, 0) is 0 Å². The molecule has 0 radical (unpaired) electrons. The molecule has 2 aromatic rings. The second kappa shape index (κ2) is 4.84. The maximum absolute atomic E-state index is 11.5. The van der Waals surface area contributed by atoms with Crippen LogP contribution in [-0.4, -0.2) is 65.2 Å². The molecule has 0 aromatic carbocycles. The first kappa shape index (κ1) is 14.6. The molecule has 4 atom stereocenters. The number of nitrogens with zero attached hydrogens (tertiary/aromatic N) is 4. The summed E-state index contributed by atoms with van der Waals surface area (Å²) < 4.78 is 6.65. The van der Waals surface area contributed by atoms with E-state index in [-0.39, 0.29) is 17.0 Å². The fourth-order valence-electron chi connectivity index (χ4n) is 2.48. The van der Waals surface area contributed by atoms with E-state index < -0.39 is 36.6 Å². The predicted octanol–water partition coefficient (Wildman–Crippen LogP) is -3.12. The smallest absolute Gasteiger partial charge is 0.255 e. The lowest BCUT2D eigenvalue weighted by molar-refractivity contribution is -0.163. The van der Waals surface area contributed by atoms with E-state index in [2.05, 4.69) is 15.0 Å². The largest absolute Gasteiger partial charge is 0.393 e. The van der Waals surface area contributed by atoms with Gasteiger partial charge in [-0.1, -0.05) is 0 Å². The first-order valence-electron chi connectivity index (χ1n) is 6.30. The zero-order valence-corrected chi connectivity index (χ0v) is 11.2. The Morgan fingerprint density at radius 3 is 2.73 bits per heavy atom. The molecule has 11 nitrogen and oxygen atoms in total. The third-order valence-corrected chi connectivity index (χ3v) is 3.74. The molecular formula is C11H14N6O5. The van der Waals surface area contributed by atoms with Crippen molar-refractivity contribution in [2.75, 3.05) is 12.3 Å². The molecule has 1 amide bonds.